The molecule has 28 heavy (non-hydrogen) atoms. The van der Waals surface area contributed by atoms with E-state index >= 15 is 0 Å². The predicted molar refractivity (Wildman–Crippen MR) is 125 cm³/mol. The van der Waals surface area contributed by atoms with Gasteiger partial charge in [-0.05, 0) is 53.9 Å². The zero-order valence-electron chi connectivity index (χ0n) is 15.8. The minimum Gasteiger partial charge on any atom is -0.486 e. The quantitative estimate of drug-likeness (QED) is 0.297. The van der Waals surface area contributed by atoms with Crippen molar-refractivity contribution in [2.75, 3.05) is 26.3 Å². The van der Waals surface area contributed by atoms with Gasteiger partial charge in [-0.3, -0.25) is 0 Å². The number of aliphatic hydroxyl groups is 1. The van der Waals surface area contributed by atoms with E-state index < -0.39 is 5.60 Å². The molecule has 0 bridgehead atoms. The lowest BCUT2D eigenvalue weighted by Crippen LogP contribution is -2.44. The second-order valence-corrected chi connectivity index (χ2v) is 7.62. The lowest BCUT2D eigenvalue weighted by Gasteiger charge is -2.24. The summed E-state index contributed by atoms with van der Waals surface area (Å²) < 4.78 is 11.2. The van der Waals surface area contributed by atoms with Crippen molar-refractivity contribution in [3.8, 4) is 11.5 Å². The van der Waals surface area contributed by atoms with Gasteiger partial charge in [-0.15, -0.1) is 24.0 Å². The first kappa shape index (κ1) is 23.1. The van der Waals surface area contributed by atoms with Crippen LogP contribution >= 0.6 is 46.9 Å². The maximum atomic E-state index is 10.7. The smallest absolute Gasteiger partial charge is 0.191 e. The molecule has 0 spiro atoms. The topological polar surface area (TPSA) is 75.1 Å². The van der Waals surface area contributed by atoms with Gasteiger partial charge in [0.15, 0.2) is 17.5 Å². The highest BCUT2D eigenvalue weighted by molar-refractivity contribution is 14.0. The van der Waals surface area contributed by atoms with E-state index in [1.54, 1.807) is 18.3 Å². The summed E-state index contributed by atoms with van der Waals surface area (Å²) in [6.07, 6.45) is 0. The number of thiophene rings is 1. The van der Waals surface area contributed by atoms with Crippen LogP contribution in [-0.4, -0.2) is 37.4 Å². The number of nitrogens with one attached hydrogen (secondary N) is 2. The van der Waals surface area contributed by atoms with Crippen LogP contribution in [0.15, 0.2) is 34.0 Å². The summed E-state index contributed by atoms with van der Waals surface area (Å²) in [5.74, 6) is 1.86. The Balaban J connectivity index is 0.00000280. The molecule has 9 heteroatoms. The monoisotopic (exact) mass is 537 g/mol. The maximum absolute atomic E-state index is 10.7. The van der Waals surface area contributed by atoms with Crippen LogP contribution in [0.1, 0.15) is 25.0 Å². The number of hydrogen-bond donors (Lipinski definition) is 3. The molecule has 0 amide bonds. The van der Waals surface area contributed by atoms with Crippen LogP contribution in [0.3, 0.4) is 0 Å². The molecule has 1 aliphatic heterocycles. The van der Waals surface area contributed by atoms with Crippen molar-refractivity contribution < 1.29 is 14.6 Å². The van der Waals surface area contributed by atoms with Crippen LogP contribution in [0, 0.1) is 0 Å². The number of rotatable bonds is 6. The van der Waals surface area contributed by atoms with E-state index in [9.17, 15) is 5.11 Å². The first-order valence-corrected chi connectivity index (χ1v) is 10.2. The van der Waals surface area contributed by atoms with Gasteiger partial charge in [0.05, 0.1) is 18.1 Å². The van der Waals surface area contributed by atoms with Crippen molar-refractivity contribution in [2.45, 2.75) is 26.0 Å². The van der Waals surface area contributed by atoms with Gasteiger partial charge in [-0.1, -0.05) is 11.6 Å². The molecule has 1 unspecified atom stereocenters. The largest absolute Gasteiger partial charge is 0.486 e. The molecule has 0 radical (unpaired) electrons. The lowest BCUT2D eigenvalue weighted by molar-refractivity contribution is 0.0621. The van der Waals surface area contributed by atoms with Gasteiger partial charge in [0.1, 0.15) is 18.8 Å². The van der Waals surface area contributed by atoms with Crippen molar-refractivity contribution in [2.24, 2.45) is 4.99 Å². The molecule has 1 atom stereocenters. The zero-order valence-corrected chi connectivity index (χ0v) is 19.7. The van der Waals surface area contributed by atoms with Gasteiger partial charge in [0.25, 0.3) is 0 Å². The number of aliphatic imine (C=N–C) groups is 1. The average Bonchev–Trinajstić information content (AvgIpc) is 3.20. The Kier molecular flexibility index (Phi) is 8.66. The minimum absolute atomic E-state index is 0. The molecule has 3 rings (SSSR count). The van der Waals surface area contributed by atoms with Gasteiger partial charge < -0.3 is 25.2 Å². The number of ether oxygens (including phenoxy) is 2. The molecule has 0 fully saturated rings. The number of guanidine groups is 1. The molecule has 1 aromatic heterocycles. The summed E-state index contributed by atoms with van der Waals surface area (Å²) >= 11 is 7.85. The summed E-state index contributed by atoms with van der Waals surface area (Å²) in [5.41, 5.74) is 0.830. The van der Waals surface area contributed by atoms with E-state index in [-0.39, 0.29) is 24.0 Å². The Bertz CT molecular complexity index is 800. The van der Waals surface area contributed by atoms with E-state index in [1.807, 2.05) is 35.9 Å². The molecular formula is C19H25ClIN3O3S. The third-order valence-electron chi connectivity index (χ3n) is 4.16. The molecular weight excluding hydrogens is 513 g/mol. The molecule has 0 aliphatic carbocycles. The molecule has 2 heterocycles. The van der Waals surface area contributed by atoms with Gasteiger partial charge in [-0.2, -0.15) is 11.3 Å². The fourth-order valence-electron chi connectivity index (χ4n) is 2.70. The Labute approximate surface area is 191 Å². The normalized spacial score (nSPS) is 15.4. The Hall–Kier alpha value is -1.23. The summed E-state index contributed by atoms with van der Waals surface area (Å²) in [4.78, 5) is 4.59. The number of nitrogens with zero attached hydrogens (tertiary/aromatic N) is 1. The fourth-order valence-corrected chi connectivity index (χ4v) is 3.77. The second-order valence-electron chi connectivity index (χ2n) is 6.44. The Morgan fingerprint density at radius 1 is 1.32 bits per heavy atom. The average molecular weight is 538 g/mol. The fraction of sp³-hybridized carbons (Fsp3) is 0.421. The number of fused-ring (bicyclic) bond motifs is 1. The molecule has 1 aliphatic rings. The Morgan fingerprint density at radius 3 is 2.82 bits per heavy atom. The van der Waals surface area contributed by atoms with Crippen LogP contribution in [0.25, 0.3) is 0 Å². The van der Waals surface area contributed by atoms with Crippen molar-refractivity contribution in [1.82, 2.24) is 10.6 Å². The molecule has 1 aromatic carbocycles. The maximum Gasteiger partial charge on any atom is 0.191 e. The van der Waals surface area contributed by atoms with Crippen LogP contribution in [0.5, 0.6) is 11.5 Å². The van der Waals surface area contributed by atoms with Gasteiger partial charge >= 0.3 is 0 Å². The summed E-state index contributed by atoms with van der Waals surface area (Å²) in [6.45, 7) is 6.28. The highest BCUT2D eigenvalue weighted by atomic mass is 127. The predicted octanol–water partition coefficient (Wildman–Crippen LogP) is 3.75. The molecule has 0 saturated heterocycles. The summed E-state index contributed by atoms with van der Waals surface area (Å²) in [5, 5.41) is 21.5. The van der Waals surface area contributed by atoms with E-state index in [2.05, 4.69) is 15.6 Å². The highest BCUT2D eigenvalue weighted by Crippen LogP contribution is 2.38. The van der Waals surface area contributed by atoms with E-state index in [0.717, 1.165) is 11.1 Å². The van der Waals surface area contributed by atoms with Crippen molar-refractivity contribution >= 4 is 52.9 Å². The summed E-state index contributed by atoms with van der Waals surface area (Å²) in [6, 6.07) is 5.66. The molecule has 2 aromatic rings. The van der Waals surface area contributed by atoms with Crippen molar-refractivity contribution in [3.63, 3.8) is 0 Å². The number of benzene rings is 1. The number of hydrogen-bond acceptors (Lipinski definition) is 5. The molecule has 3 N–H and O–H groups in total. The molecule has 6 nitrogen and oxygen atoms in total. The summed E-state index contributed by atoms with van der Waals surface area (Å²) in [7, 11) is 0. The van der Waals surface area contributed by atoms with Crippen LogP contribution < -0.4 is 20.1 Å². The lowest BCUT2D eigenvalue weighted by atomic mass is 9.99. The SMILES string of the molecule is CCNC(=NCc1cc(Cl)c2c(c1)OCCO2)NCC(C)(O)c1ccsc1.I. The van der Waals surface area contributed by atoms with Gasteiger partial charge in [0.2, 0.25) is 0 Å². The van der Waals surface area contributed by atoms with E-state index in [1.165, 1.54) is 0 Å². The highest BCUT2D eigenvalue weighted by Gasteiger charge is 2.23. The zero-order chi connectivity index (χ0) is 19.3. The molecule has 0 saturated carbocycles. The van der Waals surface area contributed by atoms with E-state index in [4.69, 9.17) is 21.1 Å². The van der Waals surface area contributed by atoms with Gasteiger partial charge in [0, 0.05) is 6.54 Å². The molecule has 154 valence electrons. The first-order chi connectivity index (χ1) is 13.0. The van der Waals surface area contributed by atoms with Crippen molar-refractivity contribution in [3.05, 3.63) is 45.1 Å². The standard InChI is InChI=1S/C19H24ClN3O3S.HI/c1-3-21-18(23-12-19(2,24)14-4-7-27-11-14)22-10-13-8-15(20)17-16(9-13)25-5-6-26-17;/h4,7-9,11,24H,3,5-6,10,12H2,1-2H3,(H2,21,22,23);1H. The number of halogens is 2. The van der Waals surface area contributed by atoms with Crippen molar-refractivity contribution in [1.29, 1.82) is 0 Å². The third kappa shape index (κ3) is 5.88. The van der Waals surface area contributed by atoms with Crippen LogP contribution in [0.2, 0.25) is 5.02 Å². The Morgan fingerprint density at radius 2 is 2.11 bits per heavy atom. The minimum atomic E-state index is -0.976. The van der Waals surface area contributed by atoms with Crippen LogP contribution in [-0.2, 0) is 12.1 Å². The van der Waals surface area contributed by atoms with E-state index in [0.29, 0.717) is 55.3 Å². The second kappa shape index (κ2) is 10.5. The van der Waals surface area contributed by atoms with Gasteiger partial charge in [-0.25, -0.2) is 4.99 Å². The van der Waals surface area contributed by atoms with Crippen LogP contribution in [0.4, 0.5) is 0 Å². The first-order valence-electron chi connectivity index (χ1n) is 8.85. The third-order valence-corrected chi connectivity index (χ3v) is 5.13.